The maximum atomic E-state index is 5.79. The molecule has 1 aromatic heterocycles. The van der Waals surface area contributed by atoms with E-state index in [-0.39, 0.29) is 0 Å². The summed E-state index contributed by atoms with van der Waals surface area (Å²) in [6.45, 7) is 4.21. The predicted octanol–water partition coefficient (Wildman–Crippen LogP) is 2.27. The molecule has 0 spiro atoms. The lowest BCUT2D eigenvalue weighted by molar-refractivity contribution is 0.799. The number of para-hydroxylation sites is 1. The minimum Gasteiger partial charge on any atom is -0.397 e. The average molecular weight is 175 g/mol. The number of hydrogen-bond donors (Lipinski definition) is 2. The van der Waals surface area contributed by atoms with Gasteiger partial charge in [0.1, 0.15) is 11.3 Å². The van der Waals surface area contributed by atoms with Crippen molar-refractivity contribution in [1.82, 2.24) is 9.97 Å². The first-order chi connectivity index (χ1) is 6.18. The lowest BCUT2D eigenvalue weighted by Gasteiger charge is -1.95. The Kier molecular flexibility index (Phi) is 1.72. The number of nitrogens with zero attached hydrogens (tertiary/aromatic N) is 1. The topological polar surface area (TPSA) is 54.7 Å². The fourth-order valence-corrected chi connectivity index (χ4v) is 1.35. The van der Waals surface area contributed by atoms with Crippen LogP contribution in [0.3, 0.4) is 0 Å². The van der Waals surface area contributed by atoms with Gasteiger partial charge in [-0.15, -0.1) is 0 Å². The van der Waals surface area contributed by atoms with Crippen molar-refractivity contribution in [3.05, 3.63) is 24.0 Å². The maximum absolute atomic E-state index is 5.79. The van der Waals surface area contributed by atoms with Crippen LogP contribution in [0.2, 0.25) is 0 Å². The number of aromatic amines is 1. The third-order valence-corrected chi connectivity index (χ3v) is 2.11. The fraction of sp³-hybridized carbons (Fsp3) is 0.300. The molecule has 68 valence electrons. The van der Waals surface area contributed by atoms with E-state index in [1.807, 2.05) is 18.2 Å². The number of nitrogen functional groups attached to an aromatic ring is 1. The van der Waals surface area contributed by atoms with Crippen molar-refractivity contribution in [2.75, 3.05) is 5.73 Å². The highest BCUT2D eigenvalue weighted by Gasteiger charge is 2.07. The number of fused-ring (bicyclic) bond motifs is 1. The Bertz CT molecular complexity index is 429. The van der Waals surface area contributed by atoms with Crippen LogP contribution in [0, 0.1) is 0 Å². The summed E-state index contributed by atoms with van der Waals surface area (Å²) in [4.78, 5) is 7.68. The SMILES string of the molecule is CC(C)c1nc2c(N)cccc2[nH]1. The van der Waals surface area contributed by atoms with Crippen LogP contribution >= 0.6 is 0 Å². The van der Waals surface area contributed by atoms with Gasteiger partial charge in [-0.3, -0.25) is 0 Å². The average Bonchev–Trinajstić information content (AvgIpc) is 2.49. The summed E-state index contributed by atoms with van der Waals surface area (Å²) in [6, 6.07) is 5.79. The second-order valence-electron chi connectivity index (χ2n) is 3.52. The number of H-pyrrole nitrogens is 1. The molecule has 0 bridgehead atoms. The van der Waals surface area contributed by atoms with Crippen molar-refractivity contribution >= 4 is 16.7 Å². The Balaban J connectivity index is 2.68. The predicted molar refractivity (Wildman–Crippen MR) is 54.6 cm³/mol. The van der Waals surface area contributed by atoms with Gasteiger partial charge < -0.3 is 10.7 Å². The van der Waals surface area contributed by atoms with E-state index in [1.54, 1.807) is 0 Å². The summed E-state index contributed by atoms with van der Waals surface area (Å²) in [5, 5.41) is 0. The zero-order valence-corrected chi connectivity index (χ0v) is 7.83. The molecule has 0 atom stereocenters. The van der Waals surface area contributed by atoms with Crippen LogP contribution in [-0.2, 0) is 0 Å². The molecule has 0 saturated carbocycles. The highest BCUT2D eigenvalue weighted by Crippen LogP contribution is 2.21. The first kappa shape index (κ1) is 8.10. The Morgan fingerprint density at radius 1 is 1.38 bits per heavy atom. The van der Waals surface area contributed by atoms with Crippen LogP contribution in [0.4, 0.5) is 5.69 Å². The van der Waals surface area contributed by atoms with Gasteiger partial charge in [0.2, 0.25) is 0 Å². The molecule has 0 fully saturated rings. The molecule has 13 heavy (non-hydrogen) atoms. The van der Waals surface area contributed by atoms with E-state index in [1.165, 1.54) is 0 Å². The van der Waals surface area contributed by atoms with Crippen LogP contribution in [0.25, 0.3) is 11.0 Å². The summed E-state index contributed by atoms with van der Waals surface area (Å²) >= 11 is 0. The highest BCUT2D eigenvalue weighted by molar-refractivity contribution is 5.86. The van der Waals surface area contributed by atoms with Crippen LogP contribution in [0.1, 0.15) is 25.6 Å². The summed E-state index contributed by atoms with van der Waals surface area (Å²) in [7, 11) is 0. The molecular formula is C10H13N3. The molecule has 1 aromatic carbocycles. The van der Waals surface area contributed by atoms with Gasteiger partial charge in [0.15, 0.2) is 0 Å². The molecular weight excluding hydrogens is 162 g/mol. The largest absolute Gasteiger partial charge is 0.397 e. The van der Waals surface area contributed by atoms with E-state index in [4.69, 9.17) is 5.73 Å². The molecule has 3 nitrogen and oxygen atoms in total. The van der Waals surface area contributed by atoms with Gasteiger partial charge in [-0.1, -0.05) is 19.9 Å². The van der Waals surface area contributed by atoms with Gasteiger partial charge in [0.25, 0.3) is 0 Å². The number of nitrogens with two attached hydrogens (primary N) is 1. The molecule has 0 aliphatic carbocycles. The van der Waals surface area contributed by atoms with Gasteiger partial charge in [-0.25, -0.2) is 4.98 Å². The minimum atomic E-state index is 0.409. The molecule has 0 unspecified atom stereocenters. The minimum absolute atomic E-state index is 0.409. The molecule has 3 heteroatoms. The summed E-state index contributed by atoms with van der Waals surface area (Å²) < 4.78 is 0. The maximum Gasteiger partial charge on any atom is 0.111 e. The van der Waals surface area contributed by atoms with Gasteiger partial charge in [-0.2, -0.15) is 0 Å². The van der Waals surface area contributed by atoms with Gasteiger partial charge in [-0.05, 0) is 12.1 Å². The van der Waals surface area contributed by atoms with Crippen LogP contribution in [0.5, 0.6) is 0 Å². The number of anilines is 1. The lowest BCUT2D eigenvalue weighted by atomic mass is 10.2. The quantitative estimate of drug-likeness (QED) is 0.653. The lowest BCUT2D eigenvalue weighted by Crippen LogP contribution is -1.89. The van der Waals surface area contributed by atoms with Gasteiger partial charge >= 0.3 is 0 Å². The third kappa shape index (κ3) is 1.26. The first-order valence-corrected chi connectivity index (χ1v) is 4.42. The molecule has 3 N–H and O–H groups in total. The van der Waals surface area contributed by atoms with Crippen molar-refractivity contribution in [3.8, 4) is 0 Å². The summed E-state index contributed by atoms with van der Waals surface area (Å²) in [5.74, 6) is 1.40. The van der Waals surface area contributed by atoms with E-state index in [9.17, 15) is 0 Å². The number of benzene rings is 1. The molecule has 0 radical (unpaired) electrons. The number of rotatable bonds is 1. The van der Waals surface area contributed by atoms with Gasteiger partial charge in [0, 0.05) is 5.92 Å². The van der Waals surface area contributed by atoms with Crippen LogP contribution in [0.15, 0.2) is 18.2 Å². The molecule has 0 aliphatic rings. The zero-order chi connectivity index (χ0) is 9.42. The Morgan fingerprint density at radius 2 is 2.15 bits per heavy atom. The first-order valence-electron chi connectivity index (χ1n) is 4.42. The Hall–Kier alpha value is -1.51. The molecule has 0 saturated heterocycles. The molecule has 2 rings (SSSR count). The summed E-state index contributed by atoms with van der Waals surface area (Å²) in [5.41, 5.74) is 8.42. The van der Waals surface area contributed by atoms with Crippen molar-refractivity contribution in [2.45, 2.75) is 19.8 Å². The van der Waals surface area contributed by atoms with E-state index >= 15 is 0 Å². The Morgan fingerprint density at radius 3 is 2.77 bits per heavy atom. The van der Waals surface area contributed by atoms with Crippen molar-refractivity contribution in [2.24, 2.45) is 0 Å². The standard InChI is InChI=1S/C10H13N3/c1-6(2)10-12-8-5-3-4-7(11)9(8)13-10/h3-6H,11H2,1-2H3,(H,12,13). The molecule has 2 aromatic rings. The number of hydrogen-bond acceptors (Lipinski definition) is 2. The van der Waals surface area contributed by atoms with E-state index in [0.29, 0.717) is 5.92 Å². The van der Waals surface area contributed by atoms with Crippen LogP contribution < -0.4 is 5.73 Å². The monoisotopic (exact) mass is 175 g/mol. The normalized spacial score (nSPS) is 11.3. The van der Waals surface area contributed by atoms with E-state index < -0.39 is 0 Å². The fourth-order valence-electron chi connectivity index (χ4n) is 1.35. The second kappa shape index (κ2) is 2.76. The van der Waals surface area contributed by atoms with Crippen LogP contribution in [-0.4, -0.2) is 9.97 Å². The van der Waals surface area contributed by atoms with Crippen molar-refractivity contribution < 1.29 is 0 Å². The van der Waals surface area contributed by atoms with E-state index in [2.05, 4.69) is 23.8 Å². The molecule has 0 amide bonds. The Labute approximate surface area is 77.0 Å². The number of aromatic nitrogens is 2. The van der Waals surface area contributed by atoms with Crippen molar-refractivity contribution in [3.63, 3.8) is 0 Å². The number of nitrogens with one attached hydrogen (secondary N) is 1. The zero-order valence-electron chi connectivity index (χ0n) is 7.83. The molecule has 1 heterocycles. The number of imidazole rings is 1. The van der Waals surface area contributed by atoms with Crippen molar-refractivity contribution in [1.29, 1.82) is 0 Å². The second-order valence-corrected chi connectivity index (χ2v) is 3.52. The van der Waals surface area contributed by atoms with E-state index in [0.717, 1.165) is 22.5 Å². The summed E-state index contributed by atoms with van der Waals surface area (Å²) in [6.07, 6.45) is 0. The highest BCUT2D eigenvalue weighted by atomic mass is 14.9. The smallest absolute Gasteiger partial charge is 0.111 e. The third-order valence-electron chi connectivity index (χ3n) is 2.11. The van der Waals surface area contributed by atoms with Gasteiger partial charge in [0.05, 0.1) is 11.2 Å². The molecule has 0 aliphatic heterocycles.